The Morgan fingerprint density at radius 2 is 2.06 bits per heavy atom. The zero-order valence-electron chi connectivity index (χ0n) is 7.86. The molecule has 86 valence electrons. The van der Waals surface area contributed by atoms with E-state index in [2.05, 4.69) is 0 Å². The summed E-state index contributed by atoms with van der Waals surface area (Å²) in [5.74, 6) is -1.14. The Kier molecular flexibility index (Phi) is 4.00. The molecule has 0 fully saturated rings. The minimum Gasteiger partial charge on any atom is -0.478 e. The lowest BCUT2D eigenvalue weighted by molar-refractivity contribution is -0.137. The van der Waals surface area contributed by atoms with Crippen LogP contribution in [0.25, 0.3) is 0 Å². The van der Waals surface area contributed by atoms with Crippen molar-refractivity contribution in [2.45, 2.75) is 11.1 Å². The number of benzene rings is 1. The van der Waals surface area contributed by atoms with Crippen LogP contribution in [0, 0.1) is 0 Å². The van der Waals surface area contributed by atoms with Crippen molar-refractivity contribution in [3.8, 4) is 0 Å². The Balaban J connectivity index is 2.79. The molecule has 0 aromatic heterocycles. The Hall–Kier alpha value is -1.43. The Labute approximate surface area is 93.8 Å². The van der Waals surface area contributed by atoms with Crippen molar-refractivity contribution < 1.29 is 23.1 Å². The number of halogens is 3. The SMILES string of the molecule is O=C(O)C=CSc1cccc(C(F)(F)F)c1. The Morgan fingerprint density at radius 3 is 2.62 bits per heavy atom. The van der Waals surface area contributed by atoms with Crippen molar-refractivity contribution in [2.24, 2.45) is 0 Å². The van der Waals surface area contributed by atoms with Gasteiger partial charge in [-0.15, -0.1) is 0 Å². The molecule has 0 aliphatic carbocycles. The highest BCUT2D eigenvalue weighted by molar-refractivity contribution is 8.02. The first-order chi connectivity index (χ1) is 7.39. The van der Waals surface area contributed by atoms with Gasteiger partial charge in [0, 0.05) is 11.0 Å². The maximum absolute atomic E-state index is 12.3. The average Bonchev–Trinajstić information content (AvgIpc) is 2.16. The van der Waals surface area contributed by atoms with Crippen LogP contribution >= 0.6 is 11.8 Å². The summed E-state index contributed by atoms with van der Waals surface area (Å²) < 4.78 is 36.9. The minimum absolute atomic E-state index is 0.340. The van der Waals surface area contributed by atoms with Crippen molar-refractivity contribution in [1.29, 1.82) is 0 Å². The summed E-state index contributed by atoms with van der Waals surface area (Å²) >= 11 is 0.918. The van der Waals surface area contributed by atoms with Crippen molar-refractivity contribution in [3.05, 3.63) is 41.3 Å². The zero-order valence-corrected chi connectivity index (χ0v) is 8.68. The monoisotopic (exact) mass is 248 g/mol. The molecule has 1 aromatic rings. The first kappa shape index (κ1) is 12.6. The van der Waals surface area contributed by atoms with Gasteiger partial charge in [-0.05, 0) is 23.6 Å². The van der Waals surface area contributed by atoms with Gasteiger partial charge in [0.2, 0.25) is 0 Å². The second kappa shape index (κ2) is 5.07. The van der Waals surface area contributed by atoms with Gasteiger partial charge in [0.1, 0.15) is 0 Å². The second-order valence-corrected chi connectivity index (χ2v) is 3.76. The van der Waals surface area contributed by atoms with Gasteiger partial charge in [-0.3, -0.25) is 0 Å². The van der Waals surface area contributed by atoms with Gasteiger partial charge in [-0.2, -0.15) is 13.2 Å². The third-order valence-electron chi connectivity index (χ3n) is 1.58. The van der Waals surface area contributed by atoms with E-state index in [1.54, 1.807) is 0 Å². The molecule has 0 aliphatic heterocycles. The van der Waals surface area contributed by atoms with Crippen molar-refractivity contribution in [1.82, 2.24) is 0 Å². The van der Waals surface area contributed by atoms with Crippen molar-refractivity contribution in [3.63, 3.8) is 0 Å². The summed E-state index contributed by atoms with van der Waals surface area (Å²) in [6, 6.07) is 4.69. The molecule has 0 aliphatic rings. The minimum atomic E-state index is -4.38. The van der Waals surface area contributed by atoms with Crippen LogP contribution in [0.2, 0.25) is 0 Å². The standard InChI is InChI=1S/C10H7F3O2S/c11-10(12,13)7-2-1-3-8(6-7)16-5-4-9(14)15/h1-6H,(H,14,15). The maximum Gasteiger partial charge on any atom is 0.416 e. The lowest BCUT2D eigenvalue weighted by Gasteiger charge is -2.06. The Bertz CT molecular complexity index is 413. The van der Waals surface area contributed by atoms with E-state index in [4.69, 9.17) is 5.11 Å². The fraction of sp³-hybridized carbons (Fsp3) is 0.100. The number of aliphatic carboxylic acids is 1. The molecule has 0 amide bonds. The molecule has 1 rings (SSSR count). The molecule has 2 nitrogen and oxygen atoms in total. The average molecular weight is 248 g/mol. The summed E-state index contributed by atoms with van der Waals surface area (Å²) in [4.78, 5) is 10.5. The van der Waals surface area contributed by atoms with Gasteiger partial charge < -0.3 is 5.11 Å². The summed E-state index contributed by atoms with van der Waals surface area (Å²) in [5, 5.41) is 9.52. The molecule has 0 heterocycles. The summed E-state index contributed by atoms with van der Waals surface area (Å²) in [7, 11) is 0. The van der Waals surface area contributed by atoms with Crippen LogP contribution < -0.4 is 0 Å². The van der Waals surface area contributed by atoms with E-state index in [0.717, 1.165) is 30.0 Å². The number of alkyl halides is 3. The molecular formula is C10H7F3O2S. The molecule has 0 saturated carbocycles. The number of hydrogen-bond donors (Lipinski definition) is 1. The quantitative estimate of drug-likeness (QED) is 0.658. The molecule has 1 aromatic carbocycles. The lowest BCUT2D eigenvalue weighted by atomic mass is 10.2. The van der Waals surface area contributed by atoms with Crippen LogP contribution in [0.1, 0.15) is 5.56 Å². The third-order valence-corrected chi connectivity index (χ3v) is 2.37. The molecule has 1 N–H and O–H groups in total. The van der Waals surface area contributed by atoms with Crippen LogP contribution in [0.4, 0.5) is 13.2 Å². The summed E-state index contributed by atoms with van der Waals surface area (Å²) in [6.45, 7) is 0. The predicted octanol–water partition coefficient (Wildman–Crippen LogP) is 3.40. The molecule has 16 heavy (non-hydrogen) atoms. The molecule has 0 unspecified atom stereocenters. The van der Waals surface area contributed by atoms with E-state index in [-0.39, 0.29) is 0 Å². The number of thioether (sulfide) groups is 1. The van der Waals surface area contributed by atoms with Gasteiger partial charge in [0.05, 0.1) is 5.56 Å². The van der Waals surface area contributed by atoms with Crippen LogP contribution in [0.15, 0.2) is 40.6 Å². The smallest absolute Gasteiger partial charge is 0.416 e. The van der Waals surface area contributed by atoms with Crippen LogP contribution in [0.5, 0.6) is 0 Å². The molecule has 0 atom stereocenters. The summed E-state index contributed by atoms with van der Waals surface area (Å²) in [5.41, 5.74) is -0.749. The van der Waals surface area contributed by atoms with Crippen LogP contribution in [-0.2, 0) is 11.0 Å². The van der Waals surface area contributed by atoms with Gasteiger partial charge in [0.25, 0.3) is 0 Å². The molecule has 0 saturated heterocycles. The van der Waals surface area contributed by atoms with E-state index >= 15 is 0 Å². The van der Waals surface area contributed by atoms with E-state index in [1.165, 1.54) is 17.5 Å². The number of carboxylic acid groups (broad SMARTS) is 1. The predicted molar refractivity (Wildman–Crippen MR) is 54.1 cm³/mol. The lowest BCUT2D eigenvalue weighted by Crippen LogP contribution is -2.04. The topological polar surface area (TPSA) is 37.3 Å². The zero-order chi connectivity index (χ0) is 12.2. The highest BCUT2D eigenvalue weighted by Gasteiger charge is 2.30. The fourth-order valence-electron chi connectivity index (χ4n) is 0.917. The molecule has 0 spiro atoms. The van der Waals surface area contributed by atoms with Gasteiger partial charge in [-0.1, -0.05) is 17.8 Å². The fourth-order valence-corrected chi connectivity index (χ4v) is 1.61. The van der Waals surface area contributed by atoms with Crippen LogP contribution in [-0.4, -0.2) is 11.1 Å². The number of hydrogen-bond acceptors (Lipinski definition) is 2. The van der Waals surface area contributed by atoms with E-state index in [0.29, 0.717) is 4.90 Å². The normalized spacial score (nSPS) is 11.9. The third kappa shape index (κ3) is 3.98. The maximum atomic E-state index is 12.3. The summed E-state index contributed by atoms with van der Waals surface area (Å²) in [6.07, 6.45) is -3.52. The van der Waals surface area contributed by atoms with E-state index in [1.807, 2.05) is 0 Å². The van der Waals surface area contributed by atoms with E-state index < -0.39 is 17.7 Å². The molecule has 0 radical (unpaired) electrons. The number of rotatable bonds is 3. The van der Waals surface area contributed by atoms with Gasteiger partial charge in [-0.25, -0.2) is 4.79 Å². The molecule has 6 heteroatoms. The van der Waals surface area contributed by atoms with Crippen molar-refractivity contribution >= 4 is 17.7 Å². The van der Waals surface area contributed by atoms with E-state index in [9.17, 15) is 18.0 Å². The number of carbonyl (C=O) groups is 1. The Morgan fingerprint density at radius 1 is 1.38 bits per heavy atom. The van der Waals surface area contributed by atoms with Gasteiger partial charge >= 0.3 is 12.1 Å². The van der Waals surface area contributed by atoms with Gasteiger partial charge in [0.15, 0.2) is 0 Å². The second-order valence-electron chi connectivity index (χ2n) is 2.78. The first-order valence-electron chi connectivity index (χ1n) is 4.13. The number of carboxylic acids is 1. The first-order valence-corrected chi connectivity index (χ1v) is 5.01. The molecule has 0 bridgehead atoms. The van der Waals surface area contributed by atoms with Crippen LogP contribution in [0.3, 0.4) is 0 Å². The molecular weight excluding hydrogens is 241 g/mol. The largest absolute Gasteiger partial charge is 0.478 e. The highest BCUT2D eigenvalue weighted by Crippen LogP contribution is 2.31. The van der Waals surface area contributed by atoms with Crippen molar-refractivity contribution in [2.75, 3.05) is 0 Å². The highest BCUT2D eigenvalue weighted by atomic mass is 32.2.